The molecule has 2 heterocycles. The van der Waals surface area contributed by atoms with Gasteiger partial charge < -0.3 is 14.5 Å². The monoisotopic (exact) mass is 167 g/mol. The molecule has 1 amide bonds. The maximum Gasteiger partial charge on any atom is 0.407 e. The Labute approximate surface area is 69.5 Å². The van der Waals surface area contributed by atoms with Crippen molar-refractivity contribution in [1.82, 2.24) is 5.32 Å². The number of carbonyl (C=O) groups is 1. The van der Waals surface area contributed by atoms with Crippen LogP contribution in [-0.4, -0.2) is 12.7 Å². The van der Waals surface area contributed by atoms with Crippen molar-refractivity contribution in [2.75, 3.05) is 6.61 Å². The first-order valence-corrected chi connectivity index (χ1v) is 3.75. The Morgan fingerprint density at radius 2 is 2.42 bits per heavy atom. The highest BCUT2D eigenvalue weighted by atomic mass is 16.6. The first-order chi connectivity index (χ1) is 5.75. The lowest BCUT2D eigenvalue weighted by Gasteiger charge is -2.00. The number of ether oxygens (including phenoxy) is 1. The second kappa shape index (κ2) is 2.55. The standard InChI is InChI=1S/C8H9NO3/c1-5-2-3-7(12-5)6-4-11-8(10)9-6/h2-3,6H,4H2,1H3,(H,9,10)/t6-/m1/s1. The van der Waals surface area contributed by atoms with Gasteiger partial charge in [0.2, 0.25) is 0 Å². The highest BCUT2D eigenvalue weighted by Gasteiger charge is 2.25. The van der Waals surface area contributed by atoms with Crippen molar-refractivity contribution in [3.8, 4) is 0 Å². The SMILES string of the molecule is Cc1ccc([C@H]2COC(=O)N2)o1. The Balaban J connectivity index is 2.15. The number of alkyl carbamates (subject to hydrolysis) is 1. The van der Waals surface area contributed by atoms with Crippen molar-refractivity contribution in [2.45, 2.75) is 13.0 Å². The molecule has 1 aliphatic heterocycles. The van der Waals surface area contributed by atoms with Gasteiger partial charge in [-0.3, -0.25) is 0 Å². The quantitative estimate of drug-likeness (QED) is 0.687. The van der Waals surface area contributed by atoms with Gasteiger partial charge in [0.1, 0.15) is 24.2 Å². The molecular weight excluding hydrogens is 158 g/mol. The third-order valence-electron chi connectivity index (χ3n) is 1.78. The van der Waals surface area contributed by atoms with Gasteiger partial charge in [-0.25, -0.2) is 4.79 Å². The maximum absolute atomic E-state index is 10.7. The van der Waals surface area contributed by atoms with Crippen LogP contribution in [-0.2, 0) is 4.74 Å². The maximum atomic E-state index is 10.7. The minimum atomic E-state index is -0.381. The molecule has 1 aromatic rings. The number of aryl methyl sites for hydroxylation is 1. The fourth-order valence-electron chi connectivity index (χ4n) is 1.18. The third-order valence-corrected chi connectivity index (χ3v) is 1.78. The van der Waals surface area contributed by atoms with Crippen LogP contribution in [0.3, 0.4) is 0 Å². The van der Waals surface area contributed by atoms with Crippen LogP contribution in [0.2, 0.25) is 0 Å². The van der Waals surface area contributed by atoms with Gasteiger partial charge in [-0.1, -0.05) is 0 Å². The Morgan fingerprint density at radius 3 is 2.92 bits per heavy atom. The smallest absolute Gasteiger partial charge is 0.407 e. The minimum absolute atomic E-state index is 0.119. The molecule has 1 saturated heterocycles. The molecule has 0 bridgehead atoms. The lowest BCUT2D eigenvalue weighted by Crippen LogP contribution is -2.17. The van der Waals surface area contributed by atoms with Crippen molar-refractivity contribution in [3.05, 3.63) is 23.7 Å². The van der Waals surface area contributed by atoms with E-state index in [1.807, 2.05) is 19.1 Å². The van der Waals surface area contributed by atoms with Crippen molar-refractivity contribution in [1.29, 1.82) is 0 Å². The van der Waals surface area contributed by atoms with Crippen LogP contribution in [0.15, 0.2) is 16.5 Å². The number of furan rings is 1. The van der Waals surface area contributed by atoms with Gasteiger partial charge in [0, 0.05) is 0 Å². The molecule has 4 heteroatoms. The minimum Gasteiger partial charge on any atom is -0.464 e. The summed E-state index contributed by atoms with van der Waals surface area (Å²) < 4.78 is 10.0. The number of hydrogen-bond acceptors (Lipinski definition) is 3. The van der Waals surface area contributed by atoms with Crippen molar-refractivity contribution >= 4 is 6.09 Å². The summed E-state index contributed by atoms with van der Waals surface area (Å²) >= 11 is 0. The van der Waals surface area contributed by atoms with Crippen LogP contribution in [0.25, 0.3) is 0 Å². The molecule has 1 aliphatic rings. The molecule has 0 unspecified atom stereocenters. The van der Waals surface area contributed by atoms with Crippen LogP contribution in [0, 0.1) is 6.92 Å². The lowest BCUT2D eigenvalue weighted by molar-refractivity contribution is 0.176. The summed E-state index contributed by atoms with van der Waals surface area (Å²) in [4.78, 5) is 10.7. The summed E-state index contributed by atoms with van der Waals surface area (Å²) in [5, 5.41) is 2.63. The summed E-state index contributed by atoms with van der Waals surface area (Å²) in [5.74, 6) is 1.59. The number of hydrogen-bond donors (Lipinski definition) is 1. The van der Waals surface area contributed by atoms with E-state index in [2.05, 4.69) is 5.32 Å². The largest absolute Gasteiger partial charge is 0.464 e. The van der Waals surface area contributed by atoms with E-state index >= 15 is 0 Å². The van der Waals surface area contributed by atoms with E-state index in [1.54, 1.807) is 0 Å². The molecule has 4 nitrogen and oxygen atoms in total. The predicted octanol–water partition coefficient (Wildman–Crippen LogP) is 1.37. The number of rotatable bonds is 1. The summed E-state index contributed by atoms with van der Waals surface area (Å²) in [6, 6.07) is 3.58. The van der Waals surface area contributed by atoms with E-state index in [0.29, 0.717) is 6.61 Å². The number of cyclic esters (lactones) is 1. The lowest BCUT2D eigenvalue weighted by atomic mass is 10.2. The molecule has 1 N–H and O–H groups in total. The number of nitrogens with one attached hydrogen (secondary N) is 1. The summed E-state index contributed by atoms with van der Waals surface area (Å²) in [6.07, 6.45) is -0.381. The first kappa shape index (κ1) is 7.21. The molecule has 12 heavy (non-hydrogen) atoms. The van der Waals surface area contributed by atoms with E-state index in [0.717, 1.165) is 11.5 Å². The van der Waals surface area contributed by atoms with Gasteiger partial charge in [0.05, 0.1) is 0 Å². The molecule has 64 valence electrons. The second-order valence-electron chi connectivity index (χ2n) is 2.74. The Hall–Kier alpha value is -1.45. The molecule has 2 rings (SSSR count). The van der Waals surface area contributed by atoms with Gasteiger partial charge in [0.25, 0.3) is 0 Å². The molecule has 0 saturated carbocycles. The molecule has 1 atom stereocenters. The van der Waals surface area contributed by atoms with E-state index in [-0.39, 0.29) is 12.1 Å². The van der Waals surface area contributed by atoms with Gasteiger partial charge in [0.15, 0.2) is 0 Å². The summed E-state index contributed by atoms with van der Waals surface area (Å²) in [6.45, 7) is 2.22. The molecular formula is C8H9NO3. The summed E-state index contributed by atoms with van der Waals surface area (Å²) in [5.41, 5.74) is 0. The Bertz CT molecular complexity index is 305. The highest BCUT2D eigenvalue weighted by Crippen LogP contribution is 2.19. The van der Waals surface area contributed by atoms with Gasteiger partial charge in [-0.2, -0.15) is 0 Å². The Kier molecular flexibility index (Phi) is 1.53. The van der Waals surface area contributed by atoms with Gasteiger partial charge in [-0.05, 0) is 19.1 Å². The van der Waals surface area contributed by atoms with Crippen LogP contribution in [0.4, 0.5) is 4.79 Å². The summed E-state index contributed by atoms with van der Waals surface area (Å²) in [7, 11) is 0. The normalized spacial score (nSPS) is 22.1. The first-order valence-electron chi connectivity index (χ1n) is 3.75. The average molecular weight is 167 g/mol. The molecule has 1 aromatic heterocycles. The molecule has 1 fully saturated rings. The number of amides is 1. The fraction of sp³-hybridized carbons (Fsp3) is 0.375. The van der Waals surface area contributed by atoms with Crippen molar-refractivity contribution in [2.24, 2.45) is 0 Å². The van der Waals surface area contributed by atoms with Crippen LogP contribution in [0.1, 0.15) is 17.6 Å². The van der Waals surface area contributed by atoms with E-state index in [1.165, 1.54) is 0 Å². The molecule has 0 aliphatic carbocycles. The zero-order chi connectivity index (χ0) is 8.55. The molecule has 0 spiro atoms. The highest BCUT2D eigenvalue weighted by molar-refractivity contribution is 5.69. The molecule has 0 radical (unpaired) electrons. The molecule has 0 aromatic carbocycles. The number of carbonyl (C=O) groups excluding carboxylic acids is 1. The van der Waals surface area contributed by atoms with E-state index < -0.39 is 0 Å². The second-order valence-corrected chi connectivity index (χ2v) is 2.74. The van der Waals surface area contributed by atoms with Gasteiger partial charge >= 0.3 is 6.09 Å². The van der Waals surface area contributed by atoms with Crippen molar-refractivity contribution in [3.63, 3.8) is 0 Å². The van der Waals surface area contributed by atoms with E-state index in [4.69, 9.17) is 9.15 Å². The predicted molar refractivity (Wildman–Crippen MR) is 40.7 cm³/mol. The fourth-order valence-corrected chi connectivity index (χ4v) is 1.18. The third kappa shape index (κ3) is 1.15. The van der Waals surface area contributed by atoms with Crippen LogP contribution < -0.4 is 5.32 Å². The zero-order valence-corrected chi connectivity index (χ0v) is 6.66. The van der Waals surface area contributed by atoms with Gasteiger partial charge in [-0.15, -0.1) is 0 Å². The van der Waals surface area contributed by atoms with Crippen LogP contribution in [0.5, 0.6) is 0 Å². The van der Waals surface area contributed by atoms with Crippen molar-refractivity contribution < 1.29 is 13.9 Å². The Morgan fingerprint density at radius 1 is 1.58 bits per heavy atom. The van der Waals surface area contributed by atoms with E-state index in [9.17, 15) is 4.79 Å². The average Bonchev–Trinajstić information content (AvgIpc) is 2.58. The van der Waals surface area contributed by atoms with Crippen LogP contribution >= 0.6 is 0 Å². The topological polar surface area (TPSA) is 51.5 Å². The zero-order valence-electron chi connectivity index (χ0n) is 6.66.